The van der Waals surface area contributed by atoms with Gasteiger partial charge in [-0.2, -0.15) is 0 Å². The Labute approximate surface area is 223 Å². The highest BCUT2D eigenvalue weighted by Crippen LogP contribution is 2.24. The van der Waals surface area contributed by atoms with Crippen LogP contribution in [0, 0.1) is 0 Å². The number of rotatable bonds is 11. The molecule has 5 nitrogen and oxygen atoms in total. The van der Waals surface area contributed by atoms with E-state index in [1.54, 1.807) is 23.1 Å². The predicted octanol–water partition coefficient (Wildman–Crippen LogP) is 6.10. The number of halogens is 2. The zero-order valence-corrected chi connectivity index (χ0v) is 22.4. The van der Waals surface area contributed by atoms with Crippen LogP contribution in [0.2, 0.25) is 10.0 Å². The number of nitrogens with zero attached hydrogens (tertiary/aromatic N) is 1. The second-order valence-corrected chi connectivity index (χ2v) is 9.76. The van der Waals surface area contributed by atoms with Gasteiger partial charge in [-0.15, -0.1) is 0 Å². The maximum atomic E-state index is 13.6. The summed E-state index contributed by atoms with van der Waals surface area (Å²) in [5, 5.41) is 3.90. The van der Waals surface area contributed by atoms with Gasteiger partial charge in [0.1, 0.15) is 11.8 Å². The van der Waals surface area contributed by atoms with E-state index in [-0.39, 0.29) is 31.0 Å². The Balaban J connectivity index is 1.91. The molecule has 0 aliphatic rings. The smallest absolute Gasteiger partial charge is 0.261 e. The Morgan fingerprint density at radius 1 is 0.944 bits per heavy atom. The van der Waals surface area contributed by atoms with E-state index in [9.17, 15) is 9.59 Å². The van der Waals surface area contributed by atoms with Crippen molar-refractivity contribution in [3.05, 3.63) is 99.5 Å². The van der Waals surface area contributed by atoms with Crippen molar-refractivity contribution < 1.29 is 14.3 Å². The monoisotopic (exact) mass is 526 g/mol. The summed E-state index contributed by atoms with van der Waals surface area (Å²) >= 11 is 12.5. The molecule has 0 saturated carbocycles. The van der Waals surface area contributed by atoms with Crippen LogP contribution in [-0.4, -0.2) is 35.4 Å². The molecule has 190 valence electrons. The Bertz CT molecular complexity index is 1150. The standard InChI is InChI=1S/C29H32Cl2N2O3/c1-4-21-10-14-25(15-11-21)36-19-28(34)33(18-23-12-13-24(30)17-26(23)31)27(29(35)32-20(2)3)16-22-8-6-5-7-9-22/h5-15,17,20,27H,4,16,18-19H2,1-3H3,(H,32,35). The van der Waals surface area contributed by atoms with Gasteiger partial charge >= 0.3 is 0 Å². The van der Waals surface area contributed by atoms with Gasteiger partial charge in [0, 0.05) is 29.1 Å². The lowest BCUT2D eigenvalue weighted by Crippen LogP contribution is -2.52. The number of nitrogens with one attached hydrogen (secondary N) is 1. The summed E-state index contributed by atoms with van der Waals surface area (Å²) in [7, 11) is 0. The van der Waals surface area contributed by atoms with E-state index in [1.165, 1.54) is 5.56 Å². The lowest BCUT2D eigenvalue weighted by Gasteiger charge is -2.32. The summed E-state index contributed by atoms with van der Waals surface area (Å²) in [6, 6.07) is 21.5. The van der Waals surface area contributed by atoms with Gasteiger partial charge < -0.3 is 15.0 Å². The van der Waals surface area contributed by atoms with E-state index in [0.717, 1.165) is 12.0 Å². The van der Waals surface area contributed by atoms with Crippen LogP contribution in [0.1, 0.15) is 37.5 Å². The molecule has 0 radical (unpaired) electrons. The third-order valence-corrected chi connectivity index (χ3v) is 6.34. The highest BCUT2D eigenvalue weighted by Gasteiger charge is 2.31. The van der Waals surface area contributed by atoms with E-state index in [0.29, 0.717) is 27.8 Å². The van der Waals surface area contributed by atoms with E-state index in [1.807, 2.05) is 68.4 Å². The summed E-state index contributed by atoms with van der Waals surface area (Å²) in [6.07, 6.45) is 1.27. The predicted molar refractivity (Wildman–Crippen MR) is 146 cm³/mol. The Morgan fingerprint density at radius 2 is 1.64 bits per heavy atom. The van der Waals surface area contributed by atoms with Gasteiger partial charge in [0.05, 0.1) is 0 Å². The molecule has 0 heterocycles. The molecule has 0 fully saturated rings. The molecule has 1 atom stereocenters. The van der Waals surface area contributed by atoms with Gasteiger partial charge in [0.15, 0.2) is 6.61 Å². The molecule has 1 N–H and O–H groups in total. The zero-order valence-electron chi connectivity index (χ0n) is 20.8. The maximum absolute atomic E-state index is 13.6. The summed E-state index contributed by atoms with van der Waals surface area (Å²) in [5.74, 6) is 0.0382. The van der Waals surface area contributed by atoms with E-state index >= 15 is 0 Å². The number of benzene rings is 3. The van der Waals surface area contributed by atoms with Gasteiger partial charge in [-0.05, 0) is 61.2 Å². The van der Waals surface area contributed by atoms with Gasteiger partial charge in [-0.25, -0.2) is 0 Å². The molecule has 2 amide bonds. The van der Waals surface area contributed by atoms with Crippen molar-refractivity contribution in [2.45, 2.75) is 52.2 Å². The lowest BCUT2D eigenvalue weighted by molar-refractivity contribution is -0.143. The Hall–Kier alpha value is -3.02. The molecule has 36 heavy (non-hydrogen) atoms. The molecule has 0 aliphatic carbocycles. The van der Waals surface area contributed by atoms with Gasteiger partial charge in [-0.3, -0.25) is 9.59 Å². The second-order valence-electron chi connectivity index (χ2n) is 8.91. The van der Waals surface area contributed by atoms with Crippen LogP contribution in [0.15, 0.2) is 72.8 Å². The average molecular weight is 527 g/mol. The molecule has 0 saturated heterocycles. The fraction of sp³-hybridized carbons (Fsp3) is 0.310. The Morgan fingerprint density at radius 3 is 2.25 bits per heavy atom. The number of aryl methyl sites for hydroxylation is 1. The quantitative estimate of drug-likeness (QED) is 0.328. The van der Waals surface area contributed by atoms with E-state index in [4.69, 9.17) is 27.9 Å². The van der Waals surface area contributed by atoms with Crippen molar-refractivity contribution in [2.75, 3.05) is 6.61 Å². The minimum Gasteiger partial charge on any atom is -0.484 e. The third-order valence-electron chi connectivity index (χ3n) is 5.75. The highest BCUT2D eigenvalue weighted by molar-refractivity contribution is 6.35. The first-order chi connectivity index (χ1) is 17.3. The second kappa shape index (κ2) is 13.3. The van der Waals surface area contributed by atoms with Crippen molar-refractivity contribution in [1.82, 2.24) is 10.2 Å². The fourth-order valence-electron chi connectivity index (χ4n) is 3.82. The van der Waals surface area contributed by atoms with Crippen molar-refractivity contribution in [1.29, 1.82) is 0 Å². The van der Waals surface area contributed by atoms with Crippen LogP contribution in [0.4, 0.5) is 0 Å². The van der Waals surface area contributed by atoms with Gasteiger partial charge in [0.2, 0.25) is 5.91 Å². The zero-order chi connectivity index (χ0) is 26.1. The molecule has 0 spiro atoms. The summed E-state index contributed by atoms with van der Waals surface area (Å²) in [5.41, 5.74) is 2.82. The van der Waals surface area contributed by atoms with Crippen LogP contribution < -0.4 is 10.1 Å². The first-order valence-corrected chi connectivity index (χ1v) is 12.8. The number of carbonyl (C=O) groups is 2. The fourth-order valence-corrected chi connectivity index (χ4v) is 4.29. The van der Waals surface area contributed by atoms with E-state index < -0.39 is 6.04 Å². The molecule has 3 rings (SSSR count). The molecule has 0 aromatic heterocycles. The molecular formula is C29H32Cl2N2O3. The largest absolute Gasteiger partial charge is 0.484 e. The maximum Gasteiger partial charge on any atom is 0.261 e. The number of carbonyl (C=O) groups excluding carboxylic acids is 2. The molecule has 0 bridgehead atoms. The third kappa shape index (κ3) is 8.00. The van der Waals surface area contributed by atoms with Crippen LogP contribution in [0.5, 0.6) is 5.75 Å². The number of hydrogen-bond donors (Lipinski definition) is 1. The topological polar surface area (TPSA) is 58.6 Å². The van der Waals surface area contributed by atoms with Crippen molar-refractivity contribution in [2.24, 2.45) is 0 Å². The summed E-state index contributed by atoms with van der Waals surface area (Å²) in [4.78, 5) is 28.5. The molecule has 3 aromatic carbocycles. The van der Waals surface area contributed by atoms with Crippen molar-refractivity contribution >= 4 is 35.0 Å². The first kappa shape index (κ1) is 27.6. The highest BCUT2D eigenvalue weighted by atomic mass is 35.5. The van der Waals surface area contributed by atoms with Crippen LogP contribution in [-0.2, 0) is 29.0 Å². The first-order valence-electron chi connectivity index (χ1n) is 12.1. The van der Waals surface area contributed by atoms with Crippen molar-refractivity contribution in [3.8, 4) is 5.75 Å². The minimum absolute atomic E-state index is 0.0832. The average Bonchev–Trinajstić information content (AvgIpc) is 2.86. The summed E-state index contributed by atoms with van der Waals surface area (Å²) in [6.45, 7) is 5.78. The number of ether oxygens (including phenoxy) is 1. The van der Waals surface area contributed by atoms with Crippen LogP contribution in [0.3, 0.4) is 0 Å². The number of hydrogen-bond acceptors (Lipinski definition) is 3. The molecule has 7 heteroatoms. The molecular weight excluding hydrogens is 495 g/mol. The van der Waals surface area contributed by atoms with Crippen molar-refractivity contribution in [3.63, 3.8) is 0 Å². The molecule has 0 aliphatic heterocycles. The SMILES string of the molecule is CCc1ccc(OCC(=O)N(Cc2ccc(Cl)cc2Cl)C(Cc2ccccc2)C(=O)NC(C)C)cc1. The Kier molecular flexibility index (Phi) is 10.2. The van der Waals surface area contributed by atoms with Crippen LogP contribution >= 0.6 is 23.2 Å². The molecule has 3 aromatic rings. The molecule has 1 unspecified atom stereocenters. The normalized spacial score (nSPS) is 11.7. The number of amides is 2. The van der Waals surface area contributed by atoms with Gasteiger partial charge in [0.25, 0.3) is 5.91 Å². The minimum atomic E-state index is -0.764. The lowest BCUT2D eigenvalue weighted by atomic mass is 10.0. The summed E-state index contributed by atoms with van der Waals surface area (Å²) < 4.78 is 5.82. The van der Waals surface area contributed by atoms with Gasteiger partial charge in [-0.1, -0.05) is 78.7 Å². The van der Waals surface area contributed by atoms with Crippen LogP contribution in [0.25, 0.3) is 0 Å². The van der Waals surface area contributed by atoms with E-state index in [2.05, 4.69) is 12.2 Å².